The van der Waals surface area contributed by atoms with Crippen molar-refractivity contribution in [3.63, 3.8) is 0 Å². The van der Waals surface area contributed by atoms with Crippen LogP contribution in [-0.2, 0) is 13.0 Å². The molecule has 2 aliphatic rings. The van der Waals surface area contributed by atoms with Crippen LogP contribution in [0.3, 0.4) is 0 Å². The number of benzene rings is 2. The number of fused-ring (bicyclic) bond motifs is 1. The minimum atomic E-state index is 0.267. The van der Waals surface area contributed by atoms with E-state index in [1.165, 1.54) is 29.5 Å². The summed E-state index contributed by atoms with van der Waals surface area (Å²) in [5.41, 5.74) is 11.2. The monoisotopic (exact) mass is 407 g/mol. The van der Waals surface area contributed by atoms with Gasteiger partial charge in [-0.3, -0.25) is 4.79 Å². The Balaban J connectivity index is 1.50. The van der Waals surface area contributed by atoms with Crippen LogP contribution in [0, 0.1) is 5.92 Å². The van der Waals surface area contributed by atoms with Crippen molar-refractivity contribution in [2.24, 2.45) is 11.7 Å². The number of Topliss-reactive ketones (excluding diaryl/α,β-unsaturated/α-hetero) is 1. The molecule has 160 valence electrons. The molecule has 2 aromatic rings. The first-order valence-electron chi connectivity index (χ1n) is 11.3. The molecule has 0 aromatic heterocycles. The van der Waals surface area contributed by atoms with Crippen molar-refractivity contribution in [3.05, 3.63) is 53.1 Å². The largest absolute Gasteiger partial charge is 0.493 e. The molecule has 1 fully saturated rings. The van der Waals surface area contributed by atoms with Gasteiger partial charge in [0.15, 0.2) is 5.78 Å². The maximum Gasteiger partial charge on any atom is 0.163 e. The lowest BCUT2D eigenvalue weighted by Crippen LogP contribution is -2.33. The molecule has 4 N–H and O–H groups in total. The normalized spacial score (nSPS) is 16.6. The molecular weight excluding hydrogens is 374 g/mol. The lowest BCUT2D eigenvalue weighted by atomic mass is 9.97. The third kappa shape index (κ3) is 5.09. The number of hydrogen-bond acceptors (Lipinski definition) is 5. The van der Waals surface area contributed by atoms with Crippen LogP contribution in [0.5, 0.6) is 5.75 Å². The lowest BCUT2D eigenvalue weighted by molar-refractivity contribution is 0.0994. The number of nitrogens with two attached hydrogens (primary N) is 1. The first-order chi connectivity index (χ1) is 14.7. The van der Waals surface area contributed by atoms with Crippen LogP contribution in [-0.4, -0.2) is 38.6 Å². The summed E-state index contributed by atoms with van der Waals surface area (Å²) in [5, 5.41) is 7.08. The SMILES string of the molecule is NCCCOc1ccc(-c2ccc3c(c2)CCC3=O)cc1CNCC1CCNCC1. The van der Waals surface area contributed by atoms with E-state index in [1.807, 2.05) is 6.07 Å². The van der Waals surface area contributed by atoms with E-state index in [4.69, 9.17) is 10.5 Å². The molecule has 1 saturated heterocycles. The Morgan fingerprint density at radius 3 is 2.70 bits per heavy atom. The summed E-state index contributed by atoms with van der Waals surface area (Å²) < 4.78 is 6.02. The third-order valence-electron chi connectivity index (χ3n) is 6.23. The molecule has 5 heteroatoms. The van der Waals surface area contributed by atoms with E-state index in [1.54, 1.807) is 0 Å². The van der Waals surface area contributed by atoms with Crippen LogP contribution in [0.4, 0.5) is 0 Å². The van der Waals surface area contributed by atoms with Gasteiger partial charge in [-0.1, -0.05) is 24.3 Å². The standard InChI is InChI=1S/C25H33N3O2/c26-10-1-13-30-25-7-4-20(19-2-5-23-21(14-19)3-6-24(23)29)15-22(25)17-28-16-18-8-11-27-12-9-18/h2,4-5,7,14-15,18,27-28H,1,3,6,8-13,16-17,26H2. The number of ketones is 1. The average molecular weight is 408 g/mol. The number of nitrogens with one attached hydrogen (secondary N) is 2. The number of carbonyl (C=O) groups excluding carboxylic acids is 1. The Morgan fingerprint density at radius 1 is 1.07 bits per heavy atom. The van der Waals surface area contributed by atoms with E-state index in [0.717, 1.165) is 61.8 Å². The van der Waals surface area contributed by atoms with E-state index >= 15 is 0 Å². The number of piperidine rings is 1. The summed E-state index contributed by atoms with van der Waals surface area (Å²) in [6.45, 7) is 5.34. The van der Waals surface area contributed by atoms with Gasteiger partial charge >= 0.3 is 0 Å². The number of carbonyl (C=O) groups is 1. The molecule has 0 atom stereocenters. The number of aryl methyl sites for hydroxylation is 1. The summed E-state index contributed by atoms with van der Waals surface area (Å²) in [6, 6.07) is 12.7. The summed E-state index contributed by atoms with van der Waals surface area (Å²) in [4.78, 5) is 11.9. The van der Waals surface area contributed by atoms with Gasteiger partial charge in [0.2, 0.25) is 0 Å². The van der Waals surface area contributed by atoms with Gasteiger partial charge in [-0.2, -0.15) is 0 Å². The zero-order chi connectivity index (χ0) is 20.8. The first-order valence-corrected chi connectivity index (χ1v) is 11.3. The Labute approximate surface area is 179 Å². The predicted molar refractivity (Wildman–Crippen MR) is 121 cm³/mol. The van der Waals surface area contributed by atoms with Crippen LogP contribution in [0.1, 0.15) is 47.2 Å². The minimum Gasteiger partial charge on any atom is -0.493 e. The molecule has 1 aliphatic heterocycles. The molecule has 4 rings (SSSR count). The molecule has 30 heavy (non-hydrogen) atoms. The maximum absolute atomic E-state index is 11.9. The molecule has 1 heterocycles. The van der Waals surface area contributed by atoms with Gasteiger partial charge in [-0.05, 0) is 86.6 Å². The van der Waals surface area contributed by atoms with Gasteiger partial charge in [0, 0.05) is 24.1 Å². The van der Waals surface area contributed by atoms with Crippen LogP contribution in [0.25, 0.3) is 11.1 Å². The zero-order valence-corrected chi connectivity index (χ0v) is 17.7. The first kappa shape index (κ1) is 21.0. The Morgan fingerprint density at radius 2 is 1.87 bits per heavy atom. The molecule has 0 unspecified atom stereocenters. The van der Waals surface area contributed by atoms with Crippen molar-refractivity contribution in [2.75, 3.05) is 32.8 Å². The zero-order valence-electron chi connectivity index (χ0n) is 17.7. The lowest BCUT2D eigenvalue weighted by Gasteiger charge is -2.23. The van der Waals surface area contributed by atoms with Crippen molar-refractivity contribution >= 4 is 5.78 Å². The summed E-state index contributed by atoms with van der Waals surface area (Å²) in [5.74, 6) is 1.94. The van der Waals surface area contributed by atoms with E-state index in [-0.39, 0.29) is 5.78 Å². The Kier molecular flexibility index (Phi) is 7.16. The quantitative estimate of drug-likeness (QED) is 0.556. The summed E-state index contributed by atoms with van der Waals surface area (Å²) in [7, 11) is 0. The Bertz CT molecular complexity index is 875. The molecule has 0 saturated carbocycles. The van der Waals surface area contributed by atoms with Crippen LogP contribution in [0.2, 0.25) is 0 Å². The van der Waals surface area contributed by atoms with Crippen LogP contribution < -0.4 is 21.1 Å². The molecule has 0 spiro atoms. The highest BCUT2D eigenvalue weighted by Crippen LogP contribution is 2.31. The second-order valence-corrected chi connectivity index (χ2v) is 8.43. The second kappa shape index (κ2) is 10.2. The van der Waals surface area contributed by atoms with Gasteiger partial charge in [0.25, 0.3) is 0 Å². The highest BCUT2D eigenvalue weighted by molar-refractivity contribution is 6.00. The van der Waals surface area contributed by atoms with Crippen molar-refractivity contribution in [2.45, 2.75) is 38.6 Å². The number of rotatable bonds is 9. The fourth-order valence-electron chi connectivity index (χ4n) is 4.44. The van der Waals surface area contributed by atoms with Gasteiger partial charge in [0.05, 0.1) is 6.61 Å². The predicted octanol–water partition coefficient (Wildman–Crippen LogP) is 3.30. The molecule has 0 amide bonds. The van der Waals surface area contributed by atoms with E-state index in [0.29, 0.717) is 19.6 Å². The molecule has 5 nitrogen and oxygen atoms in total. The highest BCUT2D eigenvalue weighted by Gasteiger charge is 2.20. The molecular formula is C25H33N3O2. The third-order valence-corrected chi connectivity index (χ3v) is 6.23. The van der Waals surface area contributed by atoms with E-state index in [9.17, 15) is 4.79 Å². The number of ether oxygens (including phenoxy) is 1. The summed E-state index contributed by atoms with van der Waals surface area (Å²) >= 11 is 0. The van der Waals surface area contributed by atoms with Gasteiger partial charge in [-0.25, -0.2) is 0 Å². The fraction of sp³-hybridized carbons (Fsp3) is 0.480. The fourth-order valence-corrected chi connectivity index (χ4v) is 4.44. The molecule has 0 bridgehead atoms. The van der Waals surface area contributed by atoms with E-state index < -0.39 is 0 Å². The number of hydrogen-bond donors (Lipinski definition) is 3. The maximum atomic E-state index is 11.9. The minimum absolute atomic E-state index is 0.267. The van der Waals surface area contributed by atoms with Crippen molar-refractivity contribution < 1.29 is 9.53 Å². The van der Waals surface area contributed by atoms with Crippen LogP contribution in [0.15, 0.2) is 36.4 Å². The molecule has 0 radical (unpaired) electrons. The summed E-state index contributed by atoms with van der Waals surface area (Å²) in [6.07, 6.45) is 4.82. The van der Waals surface area contributed by atoms with Gasteiger partial charge in [-0.15, -0.1) is 0 Å². The molecule has 1 aliphatic carbocycles. The average Bonchev–Trinajstić information content (AvgIpc) is 3.15. The van der Waals surface area contributed by atoms with Crippen LogP contribution >= 0.6 is 0 Å². The van der Waals surface area contributed by atoms with Gasteiger partial charge < -0.3 is 21.1 Å². The van der Waals surface area contributed by atoms with Crippen molar-refractivity contribution in [1.82, 2.24) is 10.6 Å². The molecule has 2 aromatic carbocycles. The van der Waals surface area contributed by atoms with Crippen molar-refractivity contribution in [3.8, 4) is 16.9 Å². The van der Waals surface area contributed by atoms with Gasteiger partial charge in [0.1, 0.15) is 5.75 Å². The second-order valence-electron chi connectivity index (χ2n) is 8.43. The topological polar surface area (TPSA) is 76.4 Å². The Hall–Kier alpha value is -2.21. The smallest absolute Gasteiger partial charge is 0.163 e. The highest BCUT2D eigenvalue weighted by atomic mass is 16.5. The van der Waals surface area contributed by atoms with E-state index in [2.05, 4.69) is 41.0 Å². The van der Waals surface area contributed by atoms with Crippen molar-refractivity contribution in [1.29, 1.82) is 0 Å².